The maximum Gasteiger partial charge on any atom is 0.258 e. The predicted octanol–water partition coefficient (Wildman–Crippen LogP) is 0.795. The van der Waals surface area contributed by atoms with Crippen LogP contribution in [0.1, 0.15) is 5.56 Å². The van der Waals surface area contributed by atoms with E-state index in [4.69, 9.17) is 21.6 Å². The highest BCUT2D eigenvalue weighted by Crippen LogP contribution is 2.24. The predicted molar refractivity (Wildman–Crippen MR) is 73.4 cm³/mol. The lowest BCUT2D eigenvalue weighted by molar-refractivity contribution is -0.131. The van der Waals surface area contributed by atoms with E-state index in [9.17, 15) is 9.59 Å². The molecule has 7 heteroatoms. The molecule has 1 rings (SSSR count). The Morgan fingerprint density at radius 2 is 2.15 bits per heavy atom. The van der Waals surface area contributed by atoms with Crippen LogP contribution in [0.25, 0.3) is 0 Å². The monoisotopic (exact) mass is 295 g/mol. The van der Waals surface area contributed by atoms with Crippen LogP contribution in [0, 0.1) is 11.3 Å². The fraction of sp³-hybridized carbons (Fsp3) is 0.308. The second kappa shape index (κ2) is 7.36. The van der Waals surface area contributed by atoms with Crippen molar-refractivity contribution >= 4 is 23.4 Å². The normalized spacial score (nSPS) is 9.50. The molecule has 0 atom stereocenters. The molecule has 1 aromatic rings. The number of rotatable bonds is 5. The van der Waals surface area contributed by atoms with Crippen LogP contribution in [0.4, 0.5) is 0 Å². The number of hydrogen-bond donors (Lipinski definition) is 1. The van der Waals surface area contributed by atoms with Gasteiger partial charge < -0.3 is 15.0 Å². The zero-order valence-electron chi connectivity index (χ0n) is 11.1. The maximum atomic E-state index is 11.5. The molecule has 0 fully saturated rings. The Balaban J connectivity index is 2.46. The third kappa shape index (κ3) is 4.78. The molecule has 6 nitrogen and oxygen atoms in total. The number of nitriles is 1. The average molecular weight is 296 g/mol. The van der Waals surface area contributed by atoms with Crippen LogP contribution in [0.3, 0.4) is 0 Å². The second-order valence-corrected chi connectivity index (χ2v) is 4.52. The lowest BCUT2D eigenvalue weighted by atomic mass is 10.2. The molecule has 20 heavy (non-hydrogen) atoms. The van der Waals surface area contributed by atoms with Gasteiger partial charge in [0.1, 0.15) is 5.75 Å². The van der Waals surface area contributed by atoms with Gasteiger partial charge in [0, 0.05) is 14.1 Å². The molecule has 0 radical (unpaired) electrons. The molecular formula is C13H14ClN3O3. The molecule has 2 amide bonds. The number of ether oxygens (including phenoxy) is 1. The molecule has 0 heterocycles. The van der Waals surface area contributed by atoms with E-state index in [1.54, 1.807) is 14.1 Å². The zero-order valence-corrected chi connectivity index (χ0v) is 11.9. The van der Waals surface area contributed by atoms with E-state index in [0.29, 0.717) is 11.3 Å². The summed E-state index contributed by atoms with van der Waals surface area (Å²) in [5, 5.41) is 11.4. The summed E-state index contributed by atoms with van der Waals surface area (Å²) in [6.07, 6.45) is 0. The van der Waals surface area contributed by atoms with Gasteiger partial charge in [0.05, 0.1) is 23.2 Å². The van der Waals surface area contributed by atoms with Crippen LogP contribution in [-0.2, 0) is 9.59 Å². The van der Waals surface area contributed by atoms with Gasteiger partial charge in [-0.25, -0.2) is 0 Å². The van der Waals surface area contributed by atoms with Crippen LogP contribution in [0.15, 0.2) is 18.2 Å². The Kier molecular flexibility index (Phi) is 5.81. The molecule has 0 bridgehead atoms. The molecular weight excluding hydrogens is 282 g/mol. The summed E-state index contributed by atoms with van der Waals surface area (Å²) in [6.45, 7) is -0.345. The Labute approximate surface area is 121 Å². The average Bonchev–Trinajstić information content (AvgIpc) is 2.42. The Morgan fingerprint density at radius 1 is 1.45 bits per heavy atom. The minimum atomic E-state index is -0.430. The van der Waals surface area contributed by atoms with Crippen LogP contribution in [0.5, 0.6) is 5.75 Å². The number of carbonyl (C=O) groups is 2. The standard InChI is InChI=1S/C13H14ClN3O3/c1-17(2)13(19)7-16-12(18)8-20-11-4-3-9(6-15)5-10(11)14/h3-5H,7-8H2,1-2H3,(H,16,18). The molecule has 0 spiro atoms. The van der Waals surface area contributed by atoms with Gasteiger partial charge in [-0.2, -0.15) is 5.26 Å². The molecule has 0 aliphatic carbocycles. The van der Waals surface area contributed by atoms with Gasteiger partial charge in [0.15, 0.2) is 6.61 Å². The van der Waals surface area contributed by atoms with Crippen molar-refractivity contribution in [3.63, 3.8) is 0 Å². The topological polar surface area (TPSA) is 82.4 Å². The van der Waals surface area contributed by atoms with E-state index in [-0.39, 0.29) is 24.1 Å². The van der Waals surface area contributed by atoms with Crippen LogP contribution >= 0.6 is 11.6 Å². The van der Waals surface area contributed by atoms with E-state index < -0.39 is 5.91 Å². The number of carbonyl (C=O) groups excluding carboxylic acids is 2. The summed E-state index contributed by atoms with van der Waals surface area (Å²) >= 11 is 5.89. The Hall–Kier alpha value is -2.26. The number of nitrogens with one attached hydrogen (secondary N) is 1. The number of nitrogens with zero attached hydrogens (tertiary/aromatic N) is 2. The fourth-order valence-corrected chi connectivity index (χ4v) is 1.45. The Morgan fingerprint density at radius 3 is 2.70 bits per heavy atom. The SMILES string of the molecule is CN(C)C(=O)CNC(=O)COc1ccc(C#N)cc1Cl. The minimum absolute atomic E-state index is 0.0870. The lowest BCUT2D eigenvalue weighted by Crippen LogP contribution is -2.38. The highest BCUT2D eigenvalue weighted by atomic mass is 35.5. The van der Waals surface area contributed by atoms with Gasteiger partial charge in [-0.1, -0.05) is 11.6 Å². The molecule has 106 valence electrons. The second-order valence-electron chi connectivity index (χ2n) is 4.11. The van der Waals surface area contributed by atoms with Crippen molar-refractivity contribution in [2.75, 3.05) is 27.2 Å². The van der Waals surface area contributed by atoms with Gasteiger partial charge in [0.25, 0.3) is 5.91 Å². The van der Waals surface area contributed by atoms with Crippen LogP contribution in [-0.4, -0.2) is 44.0 Å². The van der Waals surface area contributed by atoms with E-state index >= 15 is 0 Å². The summed E-state index contributed by atoms with van der Waals surface area (Å²) in [4.78, 5) is 24.1. The van der Waals surface area contributed by atoms with Crippen molar-refractivity contribution in [3.8, 4) is 11.8 Å². The van der Waals surface area contributed by atoms with Gasteiger partial charge >= 0.3 is 0 Å². The number of likely N-dealkylation sites (N-methyl/N-ethyl adjacent to an activating group) is 1. The zero-order chi connectivity index (χ0) is 15.1. The van der Waals surface area contributed by atoms with Crippen molar-refractivity contribution in [3.05, 3.63) is 28.8 Å². The third-order valence-electron chi connectivity index (χ3n) is 2.36. The molecule has 0 aromatic heterocycles. The molecule has 0 saturated carbocycles. The fourth-order valence-electron chi connectivity index (χ4n) is 1.21. The first-order valence-electron chi connectivity index (χ1n) is 5.73. The number of amides is 2. The first-order chi connectivity index (χ1) is 9.43. The molecule has 1 N–H and O–H groups in total. The van der Waals surface area contributed by atoms with Gasteiger partial charge in [-0.3, -0.25) is 9.59 Å². The highest BCUT2D eigenvalue weighted by Gasteiger charge is 2.09. The molecule has 0 saturated heterocycles. The smallest absolute Gasteiger partial charge is 0.258 e. The summed E-state index contributed by atoms with van der Waals surface area (Å²) in [7, 11) is 3.20. The van der Waals surface area contributed by atoms with Gasteiger partial charge in [-0.05, 0) is 18.2 Å². The van der Waals surface area contributed by atoms with Crippen molar-refractivity contribution in [2.45, 2.75) is 0 Å². The first kappa shape index (κ1) is 15.8. The van der Waals surface area contributed by atoms with Crippen LogP contribution < -0.4 is 10.1 Å². The van der Waals surface area contributed by atoms with Gasteiger partial charge in [-0.15, -0.1) is 0 Å². The summed E-state index contributed by atoms with van der Waals surface area (Å²) in [5.41, 5.74) is 0.406. The maximum absolute atomic E-state index is 11.5. The van der Waals surface area contributed by atoms with E-state index in [1.807, 2.05) is 6.07 Å². The van der Waals surface area contributed by atoms with E-state index in [2.05, 4.69) is 5.32 Å². The highest BCUT2D eigenvalue weighted by molar-refractivity contribution is 6.32. The van der Waals surface area contributed by atoms with Crippen LogP contribution in [0.2, 0.25) is 5.02 Å². The minimum Gasteiger partial charge on any atom is -0.482 e. The van der Waals surface area contributed by atoms with Crippen molar-refractivity contribution in [1.82, 2.24) is 10.2 Å². The van der Waals surface area contributed by atoms with Crippen molar-refractivity contribution < 1.29 is 14.3 Å². The quantitative estimate of drug-likeness (QED) is 0.871. The molecule has 0 aliphatic rings. The lowest BCUT2D eigenvalue weighted by Gasteiger charge is -2.11. The van der Waals surface area contributed by atoms with E-state index in [0.717, 1.165) is 0 Å². The summed E-state index contributed by atoms with van der Waals surface area (Å²) < 4.78 is 5.21. The number of hydrogen-bond acceptors (Lipinski definition) is 4. The van der Waals surface area contributed by atoms with Gasteiger partial charge in [0.2, 0.25) is 5.91 Å². The molecule has 0 aliphatic heterocycles. The summed E-state index contributed by atoms with van der Waals surface area (Å²) in [6, 6.07) is 6.44. The van der Waals surface area contributed by atoms with Crippen molar-refractivity contribution in [2.24, 2.45) is 0 Å². The number of halogens is 1. The summed E-state index contributed by atoms with van der Waals surface area (Å²) in [5.74, 6) is -0.338. The first-order valence-corrected chi connectivity index (χ1v) is 6.11. The Bertz CT molecular complexity index is 552. The largest absolute Gasteiger partial charge is 0.482 e. The molecule has 1 aromatic carbocycles. The third-order valence-corrected chi connectivity index (χ3v) is 2.65. The number of benzene rings is 1. The molecule has 0 unspecified atom stereocenters. The van der Waals surface area contributed by atoms with Crippen molar-refractivity contribution in [1.29, 1.82) is 5.26 Å². The van der Waals surface area contributed by atoms with E-state index in [1.165, 1.54) is 23.1 Å².